The van der Waals surface area contributed by atoms with Crippen LogP contribution in [0.4, 0.5) is 0 Å². The molecule has 1 N–H and O–H groups in total. The van der Waals surface area contributed by atoms with Crippen LogP contribution in [0.15, 0.2) is 78.9 Å². The molecule has 30 heavy (non-hydrogen) atoms. The molecule has 1 atom stereocenters. The zero-order valence-corrected chi connectivity index (χ0v) is 18.2. The molecule has 0 saturated carbocycles. The molecule has 0 aliphatic rings. The molecule has 0 spiro atoms. The van der Waals surface area contributed by atoms with Gasteiger partial charge in [0, 0.05) is 13.1 Å². The van der Waals surface area contributed by atoms with Crippen LogP contribution in [0.2, 0.25) is 0 Å². The van der Waals surface area contributed by atoms with E-state index in [1.54, 1.807) is 14.2 Å². The third kappa shape index (κ3) is 5.62. The monoisotopic (exact) mass is 405 g/mol. The van der Waals surface area contributed by atoms with E-state index in [0.29, 0.717) is 13.1 Å². The maximum absolute atomic E-state index is 11.1. The molecule has 0 radical (unpaired) electrons. The molecule has 0 heterocycles. The van der Waals surface area contributed by atoms with Gasteiger partial charge in [0.25, 0.3) is 0 Å². The Hall–Kier alpha value is -2.82. The van der Waals surface area contributed by atoms with Gasteiger partial charge in [-0.25, -0.2) is 0 Å². The van der Waals surface area contributed by atoms with Gasteiger partial charge in [-0.1, -0.05) is 54.6 Å². The van der Waals surface area contributed by atoms with Crippen molar-refractivity contribution in [3.63, 3.8) is 0 Å². The van der Waals surface area contributed by atoms with Crippen LogP contribution in [-0.4, -0.2) is 29.8 Å². The standard InChI is InChI=1S/C26H31NO3/c1-26(2,28)25(22-8-6-5-7-9-22)27(18-20-10-14-23(29-3)15-11-20)19-21-12-16-24(30-4)17-13-21/h5-17,25,28H,18-19H2,1-4H3/t25-/m0/s1. The van der Waals surface area contributed by atoms with Gasteiger partial charge in [-0.05, 0) is 54.8 Å². The van der Waals surface area contributed by atoms with Crippen LogP contribution in [0, 0.1) is 0 Å². The second-order valence-corrected chi connectivity index (χ2v) is 8.07. The van der Waals surface area contributed by atoms with Gasteiger partial charge in [-0.15, -0.1) is 0 Å². The predicted molar refractivity (Wildman–Crippen MR) is 121 cm³/mol. The molecule has 3 aromatic carbocycles. The fourth-order valence-electron chi connectivity index (χ4n) is 3.87. The highest BCUT2D eigenvalue weighted by Crippen LogP contribution is 2.34. The molecule has 0 aromatic heterocycles. The Morgan fingerprint density at radius 2 is 1.17 bits per heavy atom. The van der Waals surface area contributed by atoms with Crippen LogP contribution in [0.25, 0.3) is 0 Å². The highest BCUT2D eigenvalue weighted by atomic mass is 16.5. The lowest BCUT2D eigenvalue weighted by molar-refractivity contribution is -0.0288. The number of aliphatic hydroxyl groups is 1. The average Bonchev–Trinajstić information content (AvgIpc) is 2.74. The molecule has 4 nitrogen and oxygen atoms in total. The minimum atomic E-state index is -0.930. The second kappa shape index (κ2) is 9.79. The van der Waals surface area contributed by atoms with Gasteiger partial charge in [0.05, 0.1) is 25.9 Å². The van der Waals surface area contributed by atoms with Crippen molar-refractivity contribution in [1.29, 1.82) is 0 Å². The first kappa shape index (κ1) is 21.9. The van der Waals surface area contributed by atoms with Crippen LogP contribution >= 0.6 is 0 Å². The van der Waals surface area contributed by atoms with Crippen molar-refractivity contribution in [3.8, 4) is 11.5 Å². The van der Waals surface area contributed by atoms with Crippen molar-refractivity contribution in [1.82, 2.24) is 4.90 Å². The Kier molecular flexibility index (Phi) is 7.14. The van der Waals surface area contributed by atoms with Gasteiger partial charge >= 0.3 is 0 Å². The van der Waals surface area contributed by atoms with Gasteiger partial charge in [0.2, 0.25) is 0 Å². The van der Waals surface area contributed by atoms with E-state index in [9.17, 15) is 5.11 Å². The molecular weight excluding hydrogens is 374 g/mol. The summed E-state index contributed by atoms with van der Waals surface area (Å²) in [5.74, 6) is 1.67. The normalized spacial score (nSPS) is 12.6. The summed E-state index contributed by atoms with van der Waals surface area (Å²) < 4.78 is 10.6. The summed E-state index contributed by atoms with van der Waals surface area (Å²) in [5.41, 5.74) is 2.48. The Balaban J connectivity index is 1.96. The fourth-order valence-corrected chi connectivity index (χ4v) is 3.87. The van der Waals surface area contributed by atoms with Crippen molar-refractivity contribution in [2.24, 2.45) is 0 Å². The number of benzene rings is 3. The minimum absolute atomic E-state index is 0.178. The van der Waals surface area contributed by atoms with Crippen LogP contribution in [-0.2, 0) is 13.1 Å². The van der Waals surface area contributed by atoms with Crippen molar-refractivity contribution in [2.75, 3.05) is 14.2 Å². The highest BCUT2D eigenvalue weighted by Gasteiger charge is 2.33. The van der Waals surface area contributed by atoms with Crippen molar-refractivity contribution in [2.45, 2.75) is 38.6 Å². The van der Waals surface area contributed by atoms with Crippen molar-refractivity contribution in [3.05, 3.63) is 95.6 Å². The summed E-state index contributed by atoms with van der Waals surface area (Å²) in [6, 6.07) is 26.2. The lowest BCUT2D eigenvalue weighted by atomic mass is 9.89. The topological polar surface area (TPSA) is 41.9 Å². The zero-order chi connectivity index (χ0) is 21.6. The van der Waals surface area contributed by atoms with E-state index < -0.39 is 5.60 Å². The van der Waals surface area contributed by atoms with Crippen molar-refractivity contribution < 1.29 is 14.6 Å². The van der Waals surface area contributed by atoms with E-state index in [1.807, 2.05) is 56.3 Å². The quantitative estimate of drug-likeness (QED) is 0.530. The molecule has 158 valence electrons. The summed E-state index contributed by atoms with van der Waals surface area (Å²) in [5, 5.41) is 11.1. The van der Waals surface area contributed by atoms with Crippen LogP contribution < -0.4 is 9.47 Å². The molecule has 0 bridgehead atoms. The largest absolute Gasteiger partial charge is 0.497 e. The van der Waals surface area contributed by atoms with Crippen LogP contribution in [0.5, 0.6) is 11.5 Å². The summed E-state index contributed by atoms with van der Waals surface area (Å²) >= 11 is 0. The minimum Gasteiger partial charge on any atom is -0.497 e. The first-order valence-corrected chi connectivity index (χ1v) is 10.2. The van der Waals surface area contributed by atoms with Gasteiger partial charge in [0.1, 0.15) is 11.5 Å². The molecule has 3 rings (SSSR count). The van der Waals surface area contributed by atoms with E-state index >= 15 is 0 Å². The Morgan fingerprint density at radius 1 is 0.733 bits per heavy atom. The molecule has 0 aliphatic carbocycles. The van der Waals surface area contributed by atoms with Crippen LogP contribution in [0.3, 0.4) is 0 Å². The van der Waals surface area contributed by atoms with E-state index in [0.717, 1.165) is 28.2 Å². The number of nitrogens with zero attached hydrogens (tertiary/aromatic N) is 1. The summed E-state index contributed by atoms with van der Waals surface area (Å²) in [7, 11) is 3.34. The van der Waals surface area contributed by atoms with Gasteiger partial charge in [0.15, 0.2) is 0 Å². The maximum atomic E-state index is 11.1. The summed E-state index contributed by atoms with van der Waals surface area (Å²) in [6.45, 7) is 5.14. The predicted octanol–water partition coefficient (Wildman–Crippen LogP) is 5.22. The SMILES string of the molecule is COc1ccc(CN(Cc2ccc(OC)cc2)[C@@H](c2ccccc2)C(C)(C)O)cc1. The number of methoxy groups -OCH3 is 2. The fraction of sp³-hybridized carbons (Fsp3) is 0.308. The molecular formula is C26H31NO3. The lowest BCUT2D eigenvalue weighted by Crippen LogP contribution is -2.41. The molecule has 4 heteroatoms. The van der Waals surface area contributed by atoms with Gasteiger partial charge in [-0.3, -0.25) is 4.90 Å². The van der Waals surface area contributed by atoms with Crippen LogP contribution in [0.1, 0.15) is 36.6 Å². The van der Waals surface area contributed by atoms with Gasteiger partial charge < -0.3 is 14.6 Å². The van der Waals surface area contributed by atoms with E-state index in [2.05, 4.69) is 41.3 Å². The van der Waals surface area contributed by atoms with E-state index in [1.165, 1.54) is 0 Å². The Bertz CT molecular complexity index is 850. The third-order valence-electron chi connectivity index (χ3n) is 5.24. The van der Waals surface area contributed by atoms with E-state index in [-0.39, 0.29) is 6.04 Å². The first-order chi connectivity index (χ1) is 14.4. The summed E-state index contributed by atoms with van der Waals surface area (Å²) in [4.78, 5) is 2.32. The maximum Gasteiger partial charge on any atom is 0.118 e. The average molecular weight is 406 g/mol. The Morgan fingerprint density at radius 3 is 1.53 bits per heavy atom. The molecule has 0 amide bonds. The number of hydrogen-bond donors (Lipinski definition) is 1. The van der Waals surface area contributed by atoms with E-state index in [4.69, 9.17) is 9.47 Å². The second-order valence-electron chi connectivity index (χ2n) is 8.07. The lowest BCUT2D eigenvalue weighted by Gasteiger charge is -2.40. The third-order valence-corrected chi connectivity index (χ3v) is 5.24. The van der Waals surface area contributed by atoms with Crippen molar-refractivity contribution >= 4 is 0 Å². The number of hydrogen-bond acceptors (Lipinski definition) is 4. The zero-order valence-electron chi connectivity index (χ0n) is 18.2. The molecule has 3 aromatic rings. The summed E-state index contributed by atoms with van der Waals surface area (Å²) in [6.07, 6.45) is 0. The molecule has 0 saturated heterocycles. The molecule has 0 unspecified atom stereocenters. The van der Waals surface area contributed by atoms with Gasteiger partial charge in [-0.2, -0.15) is 0 Å². The number of rotatable bonds is 9. The number of ether oxygens (including phenoxy) is 2. The highest BCUT2D eigenvalue weighted by molar-refractivity contribution is 5.30. The Labute approximate surface area is 179 Å². The smallest absolute Gasteiger partial charge is 0.118 e. The first-order valence-electron chi connectivity index (χ1n) is 10.2. The molecule has 0 fully saturated rings. The molecule has 0 aliphatic heterocycles.